The quantitative estimate of drug-likeness (QED) is 0.242. The molecule has 2 unspecified atom stereocenters. The second-order valence-corrected chi connectivity index (χ2v) is 5.92. The van der Waals surface area contributed by atoms with Gasteiger partial charge in [0.15, 0.2) is 0 Å². The Hall–Kier alpha value is 2.44. The first kappa shape index (κ1) is 17.5. The van der Waals surface area contributed by atoms with Crippen LogP contribution in [0.25, 0.3) is 0 Å². The molecule has 0 bridgehead atoms. The number of hydrogen-bond acceptors (Lipinski definition) is 5. The third kappa shape index (κ3) is 10.4. The van der Waals surface area contributed by atoms with E-state index in [1.54, 1.807) is 0 Å². The van der Waals surface area contributed by atoms with Gasteiger partial charge in [-0.1, -0.05) is 0 Å². The topological polar surface area (TPSA) is 80.3 Å². The van der Waals surface area contributed by atoms with Crippen molar-refractivity contribution in [3.8, 4) is 0 Å². The van der Waals surface area contributed by atoms with Crippen LogP contribution in [0.5, 0.6) is 0 Å². The van der Waals surface area contributed by atoms with Crippen LogP contribution in [0.15, 0.2) is 0 Å². The van der Waals surface area contributed by atoms with Gasteiger partial charge >= 0.3 is 59.1 Å². The molecule has 2 atom stereocenters. The Balaban J connectivity index is -0.000000180. The molecule has 4 nitrogen and oxygen atoms in total. The average molecular weight is 206 g/mol. The van der Waals surface area contributed by atoms with Crippen molar-refractivity contribution in [2.75, 3.05) is 0 Å². The third-order valence-corrected chi connectivity index (χ3v) is 2.50. The van der Waals surface area contributed by atoms with Crippen LogP contribution in [0.2, 0.25) is 0 Å². The van der Waals surface area contributed by atoms with E-state index in [9.17, 15) is 17.5 Å². The smallest absolute Gasteiger partial charge is 0.762 e. The molecule has 0 aromatic carbocycles. The van der Waals surface area contributed by atoms with Gasteiger partial charge in [0.05, 0.1) is 0 Å². The first-order valence-electron chi connectivity index (χ1n) is 1.00. The number of hydrogen-bond donors (Lipinski definition) is 0. The van der Waals surface area contributed by atoms with Crippen molar-refractivity contribution in [1.29, 1.82) is 0 Å². The molecule has 9 heavy (non-hydrogen) atoms. The molecule has 0 aliphatic heterocycles. The summed E-state index contributed by atoms with van der Waals surface area (Å²) in [5.41, 5.74) is 0. The second-order valence-electron chi connectivity index (χ2n) is 0.612. The minimum Gasteiger partial charge on any atom is -0.762 e. The molecule has 0 aromatic heterocycles. The molecule has 0 aromatic rings. The predicted octanol–water partition coefficient (Wildman–Crippen LogP) is -7.33. The molecule has 0 rings (SSSR count). The molecule has 0 heterocycles. The number of rotatable bonds is 1. The monoisotopic (exact) mass is 206 g/mol. The van der Waals surface area contributed by atoms with Crippen LogP contribution in [-0.2, 0) is 29.1 Å². The van der Waals surface area contributed by atoms with Crippen LogP contribution in [0, 0.1) is 0 Å². The Bertz CT molecular complexity index is 168. The summed E-state index contributed by atoms with van der Waals surface area (Å²) in [6, 6.07) is 0. The van der Waals surface area contributed by atoms with Gasteiger partial charge < -0.3 is 9.11 Å². The van der Waals surface area contributed by atoms with E-state index in [1.165, 1.54) is 0 Å². The van der Waals surface area contributed by atoms with E-state index in [-0.39, 0.29) is 59.1 Å². The standard InChI is InChI=1S/2Na.H2O4S3/c;;1-6(2)7(3,4)5/h;;(H,1,2)(H,3,4,5)/q2*+1;/p-2. The van der Waals surface area contributed by atoms with E-state index in [0.29, 0.717) is 0 Å². The SMILES string of the molecule is O=S([O-])S(=O)([O-])=S.[Na+].[Na+]. The molecule has 9 heteroatoms. The second kappa shape index (κ2) is 7.11. The summed E-state index contributed by atoms with van der Waals surface area (Å²) in [4.78, 5) is 0. The van der Waals surface area contributed by atoms with Crippen LogP contribution >= 0.6 is 0 Å². The molecule has 0 amide bonds. The van der Waals surface area contributed by atoms with Crippen molar-refractivity contribution in [3.05, 3.63) is 0 Å². The molecule has 0 spiro atoms. The average Bonchev–Trinajstić information content (AvgIpc) is 1.31. The minimum absolute atomic E-state index is 0. The maximum atomic E-state index is 9.53. The van der Waals surface area contributed by atoms with Crippen molar-refractivity contribution >= 4 is 29.1 Å². The first-order valence-corrected chi connectivity index (χ1v) is 5.00. The summed E-state index contributed by atoms with van der Waals surface area (Å²) < 4.78 is 37.7. The van der Waals surface area contributed by atoms with E-state index in [1.807, 2.05) is 0 Å². The molecule has 0 saturated heterocycles. The van der Waals surface area contributed by atoms with Gasteiger partial charge in [0, 0.05) is 17.9 Å². The van der Waals surface area contributed by atoms with E-state index in [2.05, 4.69) is 11.2 Å². The van der Waals surface area contributed by atoms with E-state index in [0.717, 1.165) is 0 Å². The molecule has 0 saturated carbocycles. The molecular weight excluding hydrogens is 206 g/mol. The summed E-state index contributed by atoms with van der Waals surface area (Å²) in [6.07, 6.45) is 0. The van der Waals surface area contributed by atoms with Gasteiger partial charge in [-0.15, -0.1) is 0 Å². The fraction of sp³-hybridized carbons (Fsp3) is 0. The van der Waals surface area contributed by atoms with Crippen LogP contribution in [-0.4, -0.2) is 17.5 Å². The zero-order valence-electron chi connectivity index (χ0n) is 4.86. The zero-order chi connectivity index (χ0) is 6.08. The molecule has 0 aliphatic carbocycles. The predicted molar refractivity (Wildman–Crippen MR) is 25.2 cm³/mol. The zero-order valence-corrected chi connectivity index (χ0v) is 11.3. The summed E-state index contributed by atoms with van der Waals surface area (Å²) in [7, 11) is -7.39. The van der Waals surface area contributed by atoms with Crippen LogP contribution in [0.3, 0.4) is 0 Å². The minimum atomic E-state index is -4.24. The van der Waals surface area contributed by atoms with Gasteiger partial charge in [0.1, 0.15) is 0 Å². The summed E-state index contributed by atoms with van der Waals surface area (Å²) in [6.45, 7) is 0. The van der Waals surface area contributed by atoms with Gasteiger partial charge in [-0.05, 0) is 11.2 Å². The van der Waals surface area contributed by atoms with E-state index >= 15 is 0 Å². The van der Waals surface area contributed by atoms with Crippen molar-refractivity contribution in [3.63, 3.8) is 0 Å². The maximum absolute atomic E-state index is 9.53. The van der Waals surface area contributed by atoms with E-state index < -0.39 is 17.9 Å². The van der Waals surface area contributed by atoms with Crippen LogP contribution in [0.4, 0.5) is 0 Å². The Morgan fingerprint density at radius 1 is 1.44 bits per heavy atom. The van der Waals surface area contributed by atoms with Crippen molar-refractivity contribution < 1.29 is 76.6 Å². The largest absolute Gasteiger partial charge is 1.00 e. The molecule has 0 N–H and O–H groups in total. The molecule has 0 fully saturated rings. The van der Waals surface area contributed by atoms with Gasteiger partial charge in [0.25, 0.3) is 0 Å². The Kier molecular flexibility index (Phi) is 13.8. The summed E-state index contributed by atoms with van der Waals surface area (Å²) >= 11 is 3.47. The maximum Gasteiger partial charge on any atom is 1.00 e. The van der Waals surface area contributed by atoms with Crippen LogP contribution in [0.1, 0.15) is 0 Å². The van der Waals surface area contributed by atoms with Crippen molar-refractivity contribution in [2.45, 2.75) is 0 Å². The van der Waals surface area contributed by atoms with Gasteiger partial charge in [-0.25, -0.2) is 0 Å². The van der Waals surface area contributed by atoms with Crippen molar-refractivity contribution in [2.24, 2.45) is 0 Å². The fourth-order valence-electron chi connectivity index (χ4n) is 0. The fourth-order valence-corrected chi connectivity index (χ4v) is 0. The summed E-state index contributed by atoms with van der Waals surface area (Å²) in [5, 5.41) is 0. The van der Waals surface area contributed by atoms with Crippen molar-refractivity contribution in [1.82, 2.24) is 0 Å². The Morgan fingerprint density at radius 2 is 1.56 bits per heavy atom. The Labute approximate surface area is 104 Å². The van der Waals surface area contributed by atoms with Gasteiger partial charge in [-0.2, -0.15) is 0 Å². The molecule has 0 radical (unpaired) electrons. The Morgan fingerprint density at radius 3 is 1.56 bits per heavy atom. The normalized spacial score (nSPS) is 18.0. The first-order chi connectivity index (χ1) is 2.94. The molecule has 44 valence electrons. The third-order valence-electron chi connectivity index (χ3n) is 0.167. The van der Waals surface area contributed by atoms with Gasteiger partial charge in [0.2, 0.25) is 0 Å². The van der Waals surface area contributed by atoms with Gasteiger partial charge in [-0.3, -0.25) is 8.42 Å². The summed E-state index contributed by atoms with van der Waals surface area (Å²) in [5.74, 6) is 0. The van der Waals surface area contributed by atoms with Crippen LogP contribution < -0.4 is 59.1 Å². The molecule has 0 aliphatic rings. The van der Waals surface area contributed by atoms with E-state index in [4.69, 9.17) is 0 Å². The molecular formula is Na2O4S3.